The highest BCUT2D eigenvalue weighted by molar-refractivity contribution is 5.89. The fourth-order valence-electron chi connectivity index (χ4n) is 1.75. The van der Waals surface area contributed by atoms with Crippen LogP contribution in [0.1, 0.15) is 35.5 Å². The van der Waals surface area contributed by atoms with Gasteiger partial charge >= 0.3 is 11.8 Å². The number of benzene rings is 1. The molecule has 0 bridgehead atoms. The molecule has 0 atom stereocenters. The van der Waals surface area contributed by atoms with Gasteiger partial charge in [-0.25, -0.2) is 0 Å². The van der Waals surface area contributed by atoms with E-state index in [1.54, 1.807) is 11.9 Å². The van der Waals surface area contributed by atoms with Crippen molar-refractivity contribution in [3.05, 3.63) is 47.7 Å². The van der Waals surface area contributed by atoms with Crippen molar-refractivity contribution >= 4 is 5.91 Å². The lowest BCUT2D eigenvalue weighted by molar-refractivity contribution is 0.0743. The Hall–Kier alpha value is -2.17. The number of carbonyl (C=O) groups excluding carboxylic acids is 1. The summed E-state index contributed by atoms with van der Waals surface area (Å²) in [5.74, 6) is 0.319. The van der Waals surface area contributed by atoms with Crippen LogP contribution in [0.5, 0.6) is 0 Å². The number of aryl methyl sites for hydroxylation is 1. The Morgan fingerprint density at radius 1 is 1.26 bits per heavy atom. The van der Waals surface area contributed by atoms with E-state index in [1.807, 2.05) is 37.3 Å². The van der Waals surface area contributed by atoms with Gasteiger partial charge in [-0.3, -0.25) is 4.79 Å². The Morgan fingerprint density at radius 3 is 2.68 bits per heavy atom. The van der Waals surface area contributed by atoms with Gasteiger partial charge in [0.25, 0.3) is 0 Å². The molecule has 1 aromatic carbocycles. The van der Waals surface area contributed by atoms with Gasteiger partial charge in [-0.1, -0.05) is 37.3 Å². The molecule has 0 radical (unpaired) electrons. The van der Waals surface area contributed by atoms with Gasteiger partial charge in [0.1, 0.15) is 0 Å². The molecule has 1 heterocycles. The number of rotatable bonds is 5. The molecule has 0 aliphatic carbocycles. The van der Waals surface area contributed by atoms with Crippen molar-refractivity contribution in [3.8, 4) is 0 Å². The minimum atomic E-state index is -0.251. The topological polar surface area (TPSA) is 59.2 Å². The molecule has 1 amide bonds. The van der Waals surface area contributed by atoms with E-state index in [9.17, 15) is 4.79 Å². The van der Waals surface area contributed by atoms with Crippen LogP contribution in [0.4, 0.5) is 0 Å². The zero-order valence-electron chi connectivity index (χ0n) is 11.2. The Morgan fingerprint density at radius 2 is 2.00 bits per heavy atom. The van der Waals surface area contributed by atoms with Crippen molar-refractivity contribution in [1.29, 1.82) is 0 Å². The Bertz CT molecular complexity index is 537. The van der Waals surface area contributed by atoms with Gasteiger partial charge in [-0.05, 0) is 12.0 Å². The van der Waals surface area contributed by atoms with Crippen LogP contribution in [-0.2, 0) is 13.0 Å². The first-order valence-electron chi connectivity index (χ1n) is 6.32. The third-order valence-electron chi connectivity index (χ3n) is 2.72. The molecular formula is C14H17N3O2. The van der Waals surface area contributed by atoms with Crippen LogP contribution >= 0.6 is 0 Å². The smallest absolute Gasteiger partial charge is 0.311 e. The maximum Gasteiger partial charge on any atom is 0.311 e. The molecule has 1 aromatic heterocycles. The van der Waals surface area contributed by atoms with Crippen LogP contribution < -0.4 is 0 Å². The van der Waals surface area contributed by atoms with Crippen molar-refractivity contribution in [2.45, 2.75) is 26.3 Å². The van der Waals surface area contributed by atoms with Gasteiger partial charge in [-0.2, -0.15) is 0 Å². The first kappa shape index (κ1) is 13.3. The second-order valence-corrected chi connectivity index (χ2v) is 4.40. The summed E-state index contributed by atoms with van der Waals surface area (Å²) in [4.78, 5) is 13.7. The van der Waals surface area contributed by atoms with Crippen molar-refractivity contribution in [2.24, 2.45) is 0 Å². The highest BCUT2D eigenvalue weighted by atomic mass is 16.4. The van der Waals surface area contributed by atoms with E-state index in [-0.39, 0.29) is 11.8 Å². The van der Waals surface area contributed by atoms with Crippen molar-refractivity contribution in [2.75, 3.05) is 7.05 Å². The minimum Gasteiger partial charge on any atom is -0.417 e. The number of hydrogen-bond donors (Lipinski definition) is 0. The van der Waals surface area contributed by atoms with Crippen LogP contribution in [-0.4, -0.2) is 28.1 Å². The van der Waals surface area contributed by atoms with Crippen LogP contribution in [0.3, 0.4) is 0 Å². The van der Waals surface area contributed by atoms with E-state index in [0.717, 1.165) is 12.0 Å². The fourth-order valence-corrected chi connectivity index (χ4v) is 1.75. The van der Waals surface area contributed by atoms with E-state index >= 15 is 0 Å². The van der Waals surface area contributed by atoms with Gasteiger partial charge in [0.05, 0.1) is 0 Å². The minimum absolute atomic E-state index is 0.0573. The molecule has 5 heteroatoms. The third kappa shape index (κ3) is 3.40. The lowest BCUT2D eigenvalue weighted by atomic mass is 10.2. The van der Waals surface area contributed by atoms with Crippen LogP contribution in [0, 0.1) is 0 Å². The molecule has 5 nitrogen and oxygen atoms in total. The maximum atomic E-state index is 12.1. The molecular weight excluding hydrogens is 242 g/mol. The number of nitrogens with zero attached hydrogens (tertiary/aromatic N) is 3. The molecule has 19 heavy (non-hydrogen) atoms. The number of amides is 1. The molecule has 0 aliphatic rings. The first-order valence-corrected chi connectivity index (χ1v) is 6.32. The van der Waals surface area contributed by atoms with Gasteiger partial charge in [0.15, 0.2) is 0 Å². The molecule has 2 rings (SSSR count). The van der Waals surface area contributed by atoms with E-state index in [0.29, 0.717) is 18.9 Å². The highest BCUT2D eigenvalue weighted by Crippen LogP contribution is 2.08. The average molecular weight is 259 g/mol. The summed E-state index contributed by atoms with van der Waals surface area (Å²) in [6.07, 6.45) is 1.61. The quantitative estimate of drug-likeness (QED) is 0.826. The Labute approximate surface area is 112 Å². The number of aromatic nitrogens is 2. The molecule has 0 saturated carbocycles. The Kier molecular flexibility index (Phi) is 4.28. The van der Waals surface area contributed by atoms with Crippen molar-refractivity contribution < 1.29 is 9.21 Å². The molecule has 100 valence electrons. The van der Waals surface area contributed by atoms with Gasteiger partial charge in [-0.15, -0.1) is 10.2 Å². The fraction of sp³-hybridized carbons (Fsp3) is 0.357. The van der Waals surface area contributed by atoms with E-state index < -0.39 is 0 Å². The molecule has 0 fully saturated rings. The predicted octanol–water partition coefficient (Wildman–Crippen LogP) is 2.29. The molecule has 0 N–H and O–H groups in total. The SMILES string of the molecule is CCCc1nnc(C(=O)N(C)Cc2ccccc2)o1. The van der Waals surface area contributed by atoms with Gasteiger partial charge < -0.3 is 9.32 Å². The summed E-state index contributed by atoms with van der Waals surface area (Å²) >= 11 is 0. The maximum absolute atomic E-state index is 12.1. The zero-order valence-corrected chi connectivity index (χ0v) is 11.2. The second-order valence-electron chi connectivity index (χ2n) is 4.40. The summed E-state index contributed by atoms with van der Waals surface area (Å²) < 4.78 is 5.33. The molecule has 2 aromatic rings. The summed E-state index contributed by atoms with van der Waals surface area (Å²) in [5.41, 5.74) is 1.06. The largest absolute Gasteiger partial charge is 0.417 e. The van der Waals surface area contributed by atoms with Gasteiger partial charge in [0.2, 0.25) is 5.89 Å². The zero-order chi connectivity index (χ0) is 13.7. The number of hydrogen-bond acceptors (Lipinski definition) is 4. The lowest BCUT2D eigenvalue weighted by Crippen LogP contribution is -2.26. The lowest BCUT2D eigenvalue weighted by Gasteiger charge is -2.14. The Balaban J connectivity index is 2.02. The standard InChI is InChI=1S/C14H17N3O2/c1-3-7-12-15-16-13(19-12)14(18)17(2)10-11-8-5-4-6-9-11/h4-6,8-9H,3,7,10H2,1-2H3. The summed E-state index contributed by atoms with van der Waals surface area (Å²) in [6.45, 7) is 2.54. The highest BCUT2D eigenvalue weighted by Gasteiger charge is 2.18. The van der Waals surface area contributed by atoms with Crippen LogP contribution in [0.25, 0.3) is 0 Å². The summed E-state index contributed by atoms with van der Waals surface area (Å²) in [7, 11) is 1.72. The van der Waals surface area contributed by atoms with Crippen LogP contribution in [0.2, 0.25) is 0 Å². The predicted molar refractivity (Wildman–Crippen MR) is 70.5 cm³/mol. The van der Waals surface area contributed by atoms with E-state index in [4.69, 9.17) is 4.42 Å². The normalized spacial score (nSPS) is 10.4. The molecule has 0 unspecified atom stereocenters. The molecule has 0 saturated heterocycles. The summed E-state index contributed by atoms with van der Waals surface area (Å²) in [6, 6.07) is 9.78. The molecule has 0 aliphatic heterocycles. The summed E-state index contributed by atoms with van der Waals surface area (Å²) in [5, 5.41) is 7.64. The third-order valence-corrected chi connectivity index (χ3v) is 2.72. The second kappa shape index (κ2) is 6.13. The average Bonchev–Trinajstić information content (AvgIpc) is 2.88. The van der Waals surface area contributed by atoms with Crippen molar-refractivity contribution in [1.82, 2.24) is 15.1 Å². The monoisotopic (exact) mass is 259 g/mol. The molecule has 0 spiro atoms. The van der Waals surface area contributed by atoms with Crippen LogP contribution in [0.15, 0.2) is 34.7 Å². The number of carbonyl (C=O) groups is 1. The van der Waals surface area contributed by atoms with Crippen molar-refractivity contribution in [3.63, 3.8) is 0 Å². The van der Waals surface area contributed by atoms with E-state index in [2.05, 4.69) is 10.2 Å². The first-order chi connectivity index (χ1) is 9.20. The van der Waals surface area contributed by atoms with Gasteiger partial charge in [0, 0.05) is 20.0 Å². The van der Waals surface area contributed by atoms with E-state index in [1.165, 1.54) is 0 Å².